The summed E-state index contributed by atoms with van der Waals surface area (Å²) in [5.74, 6) is -1.39. The number of rotatable bonds is 6. The van der Waals surface area contributed by atoms with Crippen molar-refractivity contribution in [3.8, 4) is 0 Å². The van der Waals surface area contributed by atoms with Crippen LogP contribution in [0.2, 0.25) is 0 Å². The lowest BCUT2D eigenvalue weighted by Crippen LogP contribution is -2.55. The minimum Gasteiger partial charge on any atom is -0.445 e. The number of nitrogens with zero attached hydrogens (tertiary/aromatic N) is 1. The van der Waals surface area contributed by atoms with Crippen LogP contribution in [0.5, 0.6) is 0 Å². The van der Waals surface area contributed by atoms with Gasteiger partial charge >= 0.3 is 12.2 Å². The van der Waals surface area contributed by atoms with Crippen molar-refractivity contribution in [2.24, 2.45) is 0 Å². The Bertz CT molecular complexity index is 1090. The SMILES string of the molecule is CC(C)(C)OC(=O)N1C2CNCC1C(c1cc(F)c(CCNC(=O)OCc3ccccc3)cc1F)C2. The summed E-state index contributed by atoms with van der Waals surface area (Å²) in [7, 11) is 0. The fraction of sp³-hybridized carbons (Fsp3) is 0.481. The minimum atomic E-state index is -0.641. The van der Waals surface area contributed by atoms with Gasteiger partial charge in [-0.2, -0.15) is 0 Å². The van der Waals surface area contributed by atoms with Crippen LogP contribution in [0.3, 0.4) is 0 Å². The highest BCUT2D eigenvalue weighted by Gasteiger charge is 2.48. The molecule has 4 rings (SSSR count). The standard InChI is InChI=1S/C27H33F2N3O4/c1-27(2,3)36-26(34)32-19-12-21(24(32)15-30-14-19)20-13-22(28)18(11-23(20)29)9-10-31-25(33)35-16-17-7-5-4-6-8-17/h4-8,11,13,19,21,24,30H,9-10,12,14-16H2,1-3H3,(H,31,33). The molecule has 36 heavy (non-hydrogen) atoms. The number of fused-ring (bicyclic) bond motifs is 2. The Morgan fingerprint density at radius 2 is 1.86 bits per heavy atom. The maximum atomic E-state index is 15.2. The molecule has 9 heteroatoms. The van der Waals surface area contributed by atoms with E-state index in [4.69, 9.17) is 9.47 Å². The topological polar surface area (TPSA) is 79.9 Å². The van der Waals surface area contributed by atoms with E-state index in [9.17, 15) is 14.0 Å². The van der Waals surface area contributed by atoms with Crippen LogP contribution >= 0.6 is 0 Å². The number of carbonyl (C=O) groups excluding carboxylic acids is 2. The van der Waals surface area contributed by atoms with E-state index in [1.165, 1.54) is 12.1 Å². The number of ether oxygens (including phenoxy) is 2. The summed E-state index contributed by atoms with van der Waals surface area (Å²) >= 11 is 0. The molecular formula is C27H33F2N3O4. The van der Waals surface area contributed by atoms with Crippen molar-refractivity contribution < 1.29 is 27.8 Å². The van der Waals surface area contributed by atoms with Gasteiger partial charge in [-0.1, -0.05) is 30.3 Å². The summed E-state index contributed by atoms with van der Waals surface area (Å²) in [5, 5.41) is 5.85. The van der Waals surface area contributed by atoms with Gasteiger partial charge in [0.25, 0.3) is 0 Å². The molecule has 3 unspecified atom stereocenters. The number of carbonyl (C=O) groups is 2. The van der Waals surface area contributed by atoms with Crippen molar-refractivity contribution in [2.75, 3.05) is 19.6 Å². The van der Waals surface area contributed by atoms with Gasteiger partial charge in [0.2, 0.25) is 0 Å². The van der Waals surface area contributed by atoms with Crippen LogP contribution in [-0.4, -0.2) is 54.4 Å². The molecule has 2 aliphatic heterocycles. The lowest BCUT2D eigenvalue weighted by Gasteiger charge is -2.37. The first-order valence-electron chi connectivity index (χ1n) is 12.3. The van der Waals surface area contributed by atoms with Crippen molar-refractivity contribution in [1.82, 2.24) is 15.5 Å². The van der Waals surface area contributed by atoms with Crippen molar-refractivity contribution >= 4 is 12.2 Å². The van der Waals surface area contributed by atoms with E-state index in [0.717, 1.165) is 5.56 Å². The molecule has 0 aromatic heterocycles. The number of amides is 2. The van der Waals surface area contributed by atoms with Crippen molar-refractivity contribution in [1.29, 1.82) is 0 Å². The van der Waals surface area contributed by atoms with Crippen molar-refractivity contribution in [2.45, 2.75) is 63.8 Å². The molecule has 2 N–H and O–H groups in total. The zero-order valence-corrected chi connectivity index (χ0v) is 20.9. The second-order valence-electron chi connectivity index (χ2n) is 10.3. The maximum Gasteiger partial charge on any atom is 0.410 e. The highest BCUT2D eigenvalue weighted by atomic mass is 19.1. The Hall–Kier alpha value is -3.20. The monoisotopic (exact) mass is 501 g/mol. The molecule has 2 aromatic rings. The van der Waals surface area contributed by atoms with Gasteiger partial charge in [-0.3, -0.25) is 4.90 Å². The molecule has 2 saturated heterocycles. The molecule has 2 bridgehead atoms. The normalized spacial score (nSPS) is 21.2. The summed E-state index contributed by atoms with van der Waals surface area (Å²) < 4.78 is 40.9. The number of piperazine rings is 1. The van der Waals surface area contributed by atoms with Crippen LogP contribution in [0.1, 0.15) is 49.8 Å². The summed E-state index contributed by atoms with van der Waals surface area (Å²) in [6, 6.07) is 11.2. The zero-order chi connectivity index (χ0) is 25.9. The number of halogens is 2. The molecule has 2 amide bonds. The van der Waals surface area contributed by atoms with Crippen LogP contribution in [-0.2, 0) is 22.5 Å². The second-order valence-corrected chi connectivity index (χ2v) is 10.3. The number of benzene rings is 2. The Morgan fingerprint density at radius 1 is 1.11 bits per heavy atom. The molecule has 0 spiro atoms. The highest BCUT2D eigenvalue weighted by Crippen LogP contribution is 2.41. The van der Waals surface area contributed by atoms with E-state index in [2.05, 4.69) is 10.6 Å². The number of hydrogen-bond acceptors (Lipinski definition) is 5. The van der Waals surface area contributed by atoms with Gasteiger partial charge in [0.05, 0.1) is 6.04 Å². The molecule has 194 valence electrons. The second kappa shape index (κ2) is 10.8. The van der Waals surface area contributed by atoms with Gasteiger partial charge in [-0.05, 0) is 62.4 Å². The van der Waals surface area contributed by atoms with E-state index in [1.807, 2.05) is 30.3 Å². The van der Waals surface area contributed by atoms with Crippen LogP contribution in [0, 0.1) is 11.6 Å². The summed E-state index contributed by atoms with van der Waals surface area (Å²) in [5.41, 5.74) is 0.643. The predicted octanol–water partition coefficient (Wildman–Crippen LogP) is 4.50. The summed E-state index contributed by atoms with van der Waals surface area (Å²) in [4.78, 5) is 26.4. The third-order valence-electron chi connectivity index (χ3n) is 6.52. The largest absolute Gasteiger partial charge is 0.445 e. The molecule has 0 radical (unpaired) electrons. The first kappa shape index (κ1) is 25.9. The first-order valence-corrected chi connectivity index (χ1v) is 12.3. The average Bonchev–Trinajstić information content (AvgIpc) is 3.04. The van der Waals surface area contributed by atoms with Crippen molar-refractivity contribution in [3.63, 3.8) is 0 Å². The van der Waals surface area contributed by atoms with Gasteiger partial charge in [0.1, 0.15) is 23.8 Å². The predicted molar refractivity (Wildman–Crippen MR) is 131 cm³/mol. The Kier molecular flexibility index (Phi) is 7.78. The minimum absolute atomic E-state index is 0.105. The Morgan fingerprint density at radius 3 is 2.58 bits per heavy atom. The number of alkyl carbamates (subject to hydrolysis) is 1. The molecule has 2 heterocycles. The van der Waals surface area contributed by atoms with E-state index < -0.39 is 29.4 Å². The molecule has 0 aliphatic carbocycles. The molecule has 7 nitrogen and oxygen atoms in total. The first-order chi connectivity index (χ1) is 17.1. The van der Waals surface area contributed by atoms with E-state index in [1.54, 1.807) is 25.7 Å². The lowest BCUT2D eigenvalue weighted by molar-refractivity contribution is 0.00947. The summed E-state index contributed by atoms with van der Waals surface area (Å²) in [6.45, 7) is 6.71. The highest BCUT2D eigenvalue weighted by molar-refractivity contribution is 5.70. The van der Waals surface area contributed by atoms with Gasteiger partial charge in [-0.25, -0.2) is 18.4 Å². The molecule has 3 atom stereocenters. The van der Waals surface area contributed by atoms with Gasteiger partial charge in [-0.15, -0.1) is 0 Å². The molecule has 2 fully saturated rings. The molecule has 2 aliphatic rings. The number of nitrogens with one attached hydrogen (secondary N) is 2. The van der Waals surface area contributed by atoms with E-state index >= 15 is 4.39 Å². The van der Waals surface area contributed by atoms with Crippen molar-refractivity contribution in [3.05, 3.63) is 70.8 Å². The average molecular weight is 502 g/mol. The van der Waals surface area contributed by atoms with E-state index in [-0.39, 0.29) is 48.7 Å². The maximum absolute atomic E-state index is 15.2. The quantitative estimate of drug-likeness (QED) is 0.610. The van der Waals surface area contributed by atoms with Gasteiger partial charge in [0.15, 0.2) is 0 Å². The molecular weight excluding hydrogens is 468 g/mol. The fourth-order valence-corrected chi connectivity index (χ4v) is 4.93. The Labute approximate surface area is 210 Å². The number of hydrogen-bond donors (Lipinski definition) is 2. The third kappa shape index (κ3) is 6.13. The smallest absolute Gasteiger partial charge is 0.410 e. The zero-order valence-electron chi connectivity index (χ0n) is 20.9. The van der Waals surface area contributed by atoms with Gasteiger partial charge in [0, 0.05) is 31.6 Å². The molecule has 2 aromatic carbocycles. The summed E-state index contributed by atoms with van der Waals surface area (Å²) in [6.07, 6.45) is -0.402. The lowest BCUT2D eigenvalue weighted by atomic mass is 9.89. The van der Waals surface area contributed by atoms with E-state index in [0.29, 0.717) is 19.5 Å². The van der Waals surface area contributed by atoms with Gasteiger partial charge < -0.3 is 20.1 Å². The molecule has 0 saturated carbocycles. The third-order valence-corrected chi connectivity index (χ3v) is 6.52. The Balaban J connectivity index is 1.37. The van der Waals surface area contributed by atoms with Crippen LogP contribution in [0.25, 0.3) is 0 Å². The van der Waals surface area contributed by atoms with Crippen LogP contribution in [0.15, 0.2) is 42.5 Å². The fourth-order valence-electron chi connectivity index (χ4n) is 4.93. The van der Waals surface area contributed by atoms with Crippen LogP contribution in [0.4, 0.5) is 18.4 Å². The van der Waals surface area contributed by atoms with Crippen LogP contribution < -0.4 is 10.6 Å².